The first-order valence-electron chi connectivity index (χ1n) is 11.6. The van der Waals surface area contributed by atoms with Crippen molar-refractivity contribution < 1.29 is 14.3 Å². The van der Waals surface area contributed by atoms with Gasteiger partial charge in [-0.1, -0.05) is 17.7 Å². The standard InChI is InChI=1S/C25H27Cl2N7O3/c1-16(35)33-8-10-34(11-9-33)19-6-7-21(22(13-19)37-2)31-25-28-15-20(27)24(32-25)30-18-5-3-4-17(12-18)29-23(36)14-26/h3-7,12-13,15H,8-11,14H2,1-2H3,(H,29,36)(H2,28,30,31,32). The Morgan fingerprint density at radius 3 is 2.51 bits per heavy atom. The van der Waals surface area contributed by atoms with Crippen molar-refractivity contribution in [2.24, 2.45) is 0 Å². The van der Waals surface area contributed by atoms with Gasteiger partial charge in [-0.2, -0.15) is 4.98 Å². The van der Waals surface area contributed by atoms with Gasteiger partial charge in [-0.15, -0.1) is 11.6 Å². The summed E-state index contributed by atoms with van der Waals surface area (Å²) in [4.78, 5) is 36.0. The minimum atomic E-state index is -0.302. The van der Waals surface area contributed by atoms with E-state index in [-0.39, 0.29) is 17.7 Å². The van der Waals surface area contributed by atoms with Crippen LogP contribution in [-0.4, -0.2) is 65.9 Å². The van der Waals surface area contributed by atoms with E-state index in [2.05, 4.69) is 30.8 Å². The largest absolute Gasteiger partial charge is 0.494 e. The Kier molecular flexibility index (Phi) is 8.52. The van der Waals surface area contributed by atoms with Crippen molar-refractivity contribution in [3.05, 3.63) is 53.7 Å². The zero-order chi connectivity index (χ0) is 26.4. The minimum absolute atomic E-state index is 0.0967. The zero-order valence-electron chi connectivity index (χ0n) is 20.4. The predicted molar refractivity (Wildman–Crippen MR) is 147 cm³/mol. The Morgan fingerprint density at radius 2 is 1.81 bits per heavy atom. The molecule has 1 fully saturated rings. The highest BCUT2D eigenvalue weighted by Crippen LogP contribution is 2.33. The van der Waals surface area contributed by atoms with Crippen LogP contribution in [0.25, 0.3) is 0 Å². The van der Waals surface area contributed by atoms with Crippen molar-refractivity contribution in [2.45, 2.75) is 6.92 Å². The number of alkyl halides is 1. The summed E-state index contributed by atoms with van der Waals surface area (Å²) in [6.45, 7) is 4.48. The van der Waals surface area contributed by atoms with Crippen LogP contribution < -0.4 is 25.6 Å². The van der Waals surface area contributed by atoms with Crippen molar-refractivity contribution >= 4 is 69.5 Å². The molecule has 0 atom stereocenters. The second kappa shape index (κ2) is 12.0. The lowest BCUT2D eigenvalue weighted by Crippen LogP contribution is -2.48. The Labute approximate surface area is 224 Å². The van der Waals surface area contributed by atoms with E-state index in [1.165, 1.54) is 6.20 Å². The topological polar surface area (TPSA) is 112 Å². The SMILES string of the molecule is COc1cc(N2CCN(C(C)=O)CC2)ccc1Nc1ncc(Cl)c(Nc2cccc(NC(=O)CCl)c2)n1. The summed E-state index contributed by atoms with van der Waals surface area (Å²) >= 11 is 11.9. The van der Waals surface area contributed by atoms with Gasteiger partial charge in [0.1, 0.15) is 16.7 Å². The first kappa shape index (κ1) is 26.3. The number of carbonyl (C=O) groups excluding carboxylic acids is 2. The maximum atomic E-state index is 11.6. The van der Waals surface area contributed by atoms with Crippen LogP contribution in [0.1, 0.15) is 6.92 Å². The fraction of sp³-hybridized carbons (Fsp3) is 0.280. The van der Waals surface area contributed by atoms with Gasteiger partial charge in [0.2, 0.25) is 17.8 Å². The highest BCUT2D eigenvalue weighted by Gasteiger charge is 2.20. The smallest absolute Gasteiger partial charge is 0.239 e. The molecular weight excluding hydrogens is 517 g/mol. The van der Waals surface area contributed by atoms with E-state index < -0.39 is 0 Å². The van der Waals surface area contributed by atoms with E-state index in [1.807, 2.05) is 29.2 Å². The van der Waals surface area contributed by atoms with E-state index >= 15 is 0 Å². The number of hydrogen-bond donors (Lipinski definition) is 3. The van der Waals surface area contributed by atoms with Gasteiger partial charge in [0, 0.05) is 56.2 Å². The number of nitrogens with zero attached hydrogens (tertiary/aromatic N) is 4. The minimum Gasteiger partial charge on any atom is -0.494 e. The second-order valence-corrected chi connectivity index (χ2v) is 8.95. The van der Waals surface area contributed by atoms with Crippen molar-refractivity contribution in [2.75, 3.05) is 60.0 Å². The monoisotopic (exact) mass is 543 g/mol. The molecule has 0 radical (unpaired) electrons. The van der Waals surface area contributed by atoms with E-state index in [0.717, 1.165) is 18.8 Å². The van der Waals surface area contributed by atoms with Gasteiger partial charge in [0.15, 0.2) is 5.82 Å². The van der Waals surface area contributed by atoms with Crippen LogP contribution in [0.5, 0.6) is 5.75 Å². The Balaban J connectivity index is 1.48. The van der Waals surface area contributed by atoms with E-state index in [9.17, 15) is 9.59 Å². The zero-order valence-corrected chi connectivity index (χ0v) is 21.9. The number of piperazine rings is 1. The number of carbonyl (C=O) groups is 2. The summed E-state index contributed by atoms with van der Waals surface area (Å²) in [5.74, 6) is 0.995. The molecule has 0 unspecified atom stereocenters. The molecule has 2 amide bonds. The van der Waals surface area contributed by atoms with Crippen LogP contribution >= 0.6 is 23.2 Å². The van der Waals surface area contributed by atoms with Gasteiger partial charge in [-0.3, -0.25) is 9.59 Å². The third-order valence-electron chi connectivity index (χ3n) is 5.80. The Morgan fingerprint density at radius 1 is 1.05 bits per heavy atom. The number of benzene rings is 2. The lowest BCUT2D eigenvalue weighted by atomic mass is 10.2. The van der Waals surface area contributed by atoms with Crippen LogP contribution in [0.15, 0.2) is 48.7 Å². The number of rotatable bonds is 8. The highest BCUT2D eigenvalue weighted by molar-refractivity contribution is 6.33. The molecule has 0 bridgehead atoms. The van der Waals surface area contributed by atoms with Crippen molar-refractivity contribution in [1.29, 1.82) is 0 Å². The van der Waals surface area contributed by atoms with Crippen LogP contribution in [0, 0.1) is 0 Å². The molecule has 194 valence electrons. The molecule has 37 heavy (non-hydrogen) atoms. The molecule has 1 aliphatic rings. The molecule has 0 saturated carbocycles. The van der Waals surface area contributed by atoms with E-state index in [4.69, 9.17) is 27.9 Å². The fourth-order valence-electron chi connectivity index (χ4n) is 3.90. The number of ether oxygens (including phenoxy) is 1. The maximum Gasteiger partial charge on any atom is 0.239 e. The average Bonchev–Trinajstić information content (AvgIpc) is 2.91. The Bertz CT molecular complexity index is 1280. The van der Waals surface area contributed by atoms with E-state index in [1.54, 1.807) is 32.2 Å². The molecule has 10 nitrogen and oxygen atoms in total. The molecule has 4 rings (SSSR count). The van der Waals surface area contributed by atoms with Crippen LogP contribution in [0.3, 0.4) is 0 Å². The van der Waals surface area contributed by atoms with Crippen LogP contribution in [-0.2, 0) is 9.59 Å². The van der Waals surface area contributed by atoms with Gasteiger partial charge in [-0.25, -0.2) is 4.98 Å². The molecule has 1 aliphatic heterocycles. The number of nitrogens with one attached hydrogen (secondary N) is 3. The molecule has 3 N–H and O–H groups in total. The van der Waals surface area contributed by atoms with Crippen molar-refractivity contribution in [1.82, 2.24) is 14.9 Å². The molecule has 3 aromatic rings. The number of anilines is 6. The van der Waals surface area contributed by atoms with Crippen LogP contribution in [0.4, 0.5) is 34.5 Å². The molecule has 1 saturated heterocycles. The molecule has 2 aromatic carbocycles. The summed E-state index contributed by atoms with van der Waals surface area (Å²) in [5, 5.41) is 9.36. The predicted octanol–water partition coefficient (Wildman–Crippen LogP) is 4.47. The lowest BCUT2D eigenvalue weighted by molar-refractivity contribution is -0.129. The van der Waals surface area contributed by atoms with E-state index in [0.29, 0.717) is 52.7 Å². The first-order valence-corrected chi connectivity index (χ1v) is 12.5. The van der Waals surface area contributed by atoms with Gasteiger partial charge < -0.3 is 30.5 Å². The highest BCUT2D eigenvalue weighted by atomic mass is 35.5. The molecule has 0 spiro atoms. The number of aromatic nitrogens is 2. The number of methoxy groups -OCH3 is 1. The first-order chi connectivity index (χ1) is 17.9. The number of hydrogen-bond acceptors (Lipinski definition) is 8. The van der Waals surface area contributed by atoms with Gasteiger partial charge in [0.25, 0.3) is 0 Å². The quantitative estimate of drug-likeness (QED) is 0.357. The lowest BCUT2D eigenvalue weighted by Gasteiger charge is -2.35. The number of amides is 2. The molecule has 1 aromatic heterocycles. The maximum absolute atomic E-state index is 11.6. The summed E-state index contributed by atoms with van der Waals surface area (Å²) < 4.78 is 5.62. The van der Waals surface area contributed by atoms with Crippen molar-refractivity contribution in [3.63, 3.8) is 0 Å². The summed E-state index contributed by atoms with van der Waals surface area (Å²) in [6, 6.07) is 12.9. The number of halogens is 2. The van der Waals surface area contributed by atoms with Gasteiger partial charge in [0.05, 0.1) is 19.0 Å². The third-order valence-corrected chi connectivity index (χ3v) is 6.32. The fourth-order valence-corrected chi connectivity index (χ4v) is 4.11. The van der Waals surface area contributed by atoms with Gasteiger partial charge in [-0.05, 0) is 30.3 Å². The van der Waals surface area contributed by atoms with Crippen molar-refractivity contribution in [3.8, 4) is 5.75 Å². The second-order valence-electron chi connectivity index (χ2n) is 8.28. The average molecular weight is 544 g/mol. The van der Waals surface area contributed by atoms with Crippen LogP contribution in [0.2, 0.25) is 5.02 Å². The summed E-state index contributed by atoms with van der Waals surface area (Å²) in [6.07, 6.45) is 1.49. The Hall–Kier alpha value is -3.76. The van der Waals surface area contributed by atoms with Gasteiger partial charge >= 0.3 is 0 Å². The summed E-state index contributed by atoms with van der Waals surface area (Å²) in [7, 11) is 1.60. The molecule has 0 aliphatic carbocycles. The normalized spacial score (nSPS) is 13.2. The third kappa shape index (κ3) is 6.72. The molecular formula is C25H27Cl2N7O3. The molecule has 2 heterocycles. The summed E-state index contributed by atoms with van der Waals surface area (Å²) in [5.41, 5.74) is 2.95. The molecule has 12 heteroatoms.